The summed E-state index contributed by atoms with van der Waals surface area (Å²) in [6, 6.07) is 5.67. The molecule has 1 saturated carbocycles. The number of fused-ring (bicyclic) bond motifs is 1. The van der Waals surface area contributed by atoms with E-state index in [-0.39, 0.29) is 5.75 Å². The number of hydrogen-bond donors (Lipinski definition) is 1. The highest BCUT2D eigenvalue weighted by Gasteiger charge is 2.23. The van der Waals surface area contributed by atoms with Crippen molar-refractivity contribution in [3.8, 4) is 5.75 Å². The zero-order valence-corrected chi connectivity index (χ0v) is 9.48. The van der Waals surface area contributed by atoms with Crippen molar-refractivity contribution in [3.05, 3.63) is 23.9 Å². The molecule has 3 nitrogen and oxygen atoms in total. The monoisotopic (exact) mass is 216 g/mol. The van der Waals surface area contributed by atoms with E-state index in [4.69, 9.17) is 0 Å². The normalized spacial score (nSPS) is 17.3. The van der Waals surface area contributed by atoms with Crippen LogP contribution in [0.2, 0.25) is 0 Å². The van der Waals surface area contributed by atoms with Crippen LogP contribution in [0.25, 0.3) is 10.9 Å². The van der Waals surface area contributed by atoms with Gasteiger partial charge in [-0.1, -0.05) is 25.0 Å². The zero-order chi connectivity index (χ0) is 11.1. The lowest BCUT2D eigenvalue weighted by Crippen LogP contribution is -2.02. The van der Waals surface area contributed by atoms with Crippen LogP contribution in [0.4, 0.5) is 0 Å². The quantitative estimate of drug-likeness (QED) is 0.795. The molecule has 3 rings (SSSR count). The van der Waals surface area contributed by atoms with Crippen LogP contribution in [0, 0.1) is 0 Å². The summed E-state index contributed by atoms with van der Waals surface area (Å²) in [6.07, 6.45) is 5.14. The summed E-state index contributed by atoms with van der Waals surface area (Å²) in [6.45, 7) is 0. The van der Waals surface area contributed by atoms with Gasteiger partial charge in [-0.15, -0.1) is 0 Å². The Morgan fingerprint density at radius 3 is 2.81 bits per heavy atom. The van der Waals surface area contributed by atoms with Gasteiger partial charge in [-0.05, 0) is 18.9 Å². The molecular weight excluding hydrogens is 200 g/mol. The van der Waals surface area contributed by atoms with Crippen LogP contribution in [0.5, 0.6) is 5.75 Å². The van der Waals surface area contributed by atoms with Crippen molar-refractivity contribution in [2.24, 2.45) is 7.05 Å². The van der Waals surface area contributed by atoms with E-state index in [1.807, 2.05) is 17.8 Å². The van der Waals surface area contributed by atoms with Crippen LogP contribution < -0.4 is 0 Å². The molecule has 1 aliphatic rings. The number of hydrogen-bond acceptors (Lipinski definition) is 2. The van der Waals surface area contributed by atoms with Crippen molar-refractivity contribution in [1.29, 1.82) is 0 Å². The lowest BCUT2D eigenvalue weighted by Gasteiger charge is -2.09. The molecule has 0 radical (unpaired) electrons. The number of rotatable bonds is 1. The number of phenols is 1. The SMILES string of the molecule is Cn1nc2c(O)cccc2c1C1CCCC1. The Bertz CT molecular complexity index is 524. The van der Waals surface area contributed by atoms with Gasteiger partial charge in [0.25, 0.3) is 0 Å². The lowest BCUT2D eigenvalue weighted by molar-refractivity contribution is 0.479. The summed E-state index contributed by atoms with van der Waals surface area (Å²) in [4.78, 5) is 0. The second-order valence-electron chi connectivity index (χ2n) is 4.66. The maximum absolute atomic E-state index is 9.78. The fourth-order valence-corrected chi connectivity index (χ4v) is 2.90. The second kappa shape index (κ2) is 3.51. The molecule has 0 amide bonds. The molecule has 0 atom stereocenters. The predicted octanol–water partition coefficient (Wildman–Crippen LogP) is 2.94. The first-order valence-electron chi connectivity index (χ1n) is 5.92. The number of aromatic hydroxyl groups is 1. The highest BCUT2D eigenvalue weighted by atomic mass is 16.3. The van der Waals surface area contributed by atoms with Gasteiger partial charge in [0.2, 0.25) is 0 Å². The van der Waals surface area contributed by atoms with Crippen LogP contribution in [-0.4, -0.2) is 14.9 Å². The van der Waals surface area contributed by atoms with Gasteiger partial charge < -0.3 is 5.11 Å². The van der Waals surface area contributed by atoms with Crippen LogP contribution in [0.15, 0.2) is 18.2 Å². The van der Waals surface area contributed by atoms with Crippen LogP contribution in [-0.2, 0) is 7.05 Å². The van der Waals surface area contributed by atoms with E-state index in [2.05, 4.69) is 11.2 Å². The fraction of sp³-hybridized carbons (Fsp3) is 0.462. The molecule has 0 spiro atoms. The molecule has 1 aliphatic carbocycles. The summed E-state index contributed by atoms with van der Waals surface area (Å²) < 4.78 is 1.94. The number of benzene rings is 1. The summed E-state index contributed by atoms with van der Waals surface area (Å²) in [5.74, 6) is 0.911. The molecule has 0 unspecified atom stereocenters. The molecule has 3 heteroatoms. The van der Waals surface area contributed by atoms with Gasteiger partial charge in [-0.25, -0.2) is 0 Å². The van der Waals surface area contributed by atoms with Gasteiger partial charge >= 0.3 is 0 Å². The van der Waals surface area contributed by atoms with Gasteiger partial charge in [-0.2, -0.15) is 5.10 Å². The van der Waals surface area contributed by atoms with E-state index >= 15 is 0 Å². The number of nitrogens with zero attached hydrogens (tertiary/aromatic N) is 2. The van der Waals surface area contributed by atoms with Crippen molar-refractivity contribution in [3.63, 3.8) is 0 Å². The molecule has 0 saturated heterocycles. The summed E-state index contributed by atoms with van der Waals surface area (Å²) in [5, 5.41) is 15.3. The van der Waals surface area contributed by atoms with E-state index in [0.29, 0.717) is 5.92 Å². The molecule has 1 fully saturated rings. The molecule has 1 aromatic heterocycles. The minimum atomic E-state index is 0.289. The van der Waals surface area contributed by atoms with E-state index in [9.17, 15) is 5.11 Å². The lowest BCUT2D eigenvalue weighted by atomic mass is 10.0. The van der Waals surface area contributed by atoms with Crippen LogP contribution in [0.1, 0.15) is 37.3 Å². The predicted molar refractivity (Wildman–Crippen MR) is 63.6 cm³/mol. The van der Waals surface area contributed by atoms with Crippen LogP contribution >= 0.6 is 0 Å². The van der Waals surface area contributed by atoms with Gasteiger partial charge in [0.15, 0.2) is 0 Å². The van der Waals surface area contributed by atoms with Crippen molar-refractivity contribution >= 4 is 10.9 Å². The molecule has 1 N–H and O–H groups in total. The Morgan fingerprint density at radius 2 is 2.06 bits per heavy atom. The average molecular weight is 216 g/mol. The summed E-state index contributed by atoms with van der Waals surface area (Å²) in [7, 11) is 1.98. The van der Waals surface area contributed by atoms with Gasteiger partial charge in [0.1, 0.15) is 11.3 Å². The van der Waals surface area contributed by atoms with Crippen molar-refractivity contribution in [1.82, 2.24) is 9.78 Å². The molecule has 1 heterocycles. The maximum Gasteiger partial charge on any atom is 0.143 e. The first-order chi connectivity index (χ1) is 7.77. The summed E-state index contributed by atoms with van der Waals surface area (Å²) in [5.41, 5.74) is 2.04. The number of aromatic nitrogens is 2. The zero-order valence-electron chi connectivity index (χ0n) is 9.48. The minimum absolute atomic E-state index is 0.289. The summed E-state index contributed by atoms with van der Waals surface area (Å²) >= 11 is 0. The first-order valence-corrected chi connectivity index (χ1v) is 5.92. The molecule has 2 aromatic rings. The molecular formula is C13H16N2O. The van der Waals surface area contributed by atoms with Crippen molar-refractivity contribution in [2.45, 2.75) is 31.6 Å². The van der Waals surface area contributed by atoms with Crippen molar-refractivity contribution < 1.29 is 5.11 Å². The highest BCUT2D eigenvalue weighted by Crippen LogP contribution is 2.38. The molecule has 0 aliphatic heterocycles. The van der Waals surface area contributed by atoms with Crippen LogP contribution in [0.3, 0.4) is 0 Å². The molecule has 84 valence electrons. The third-order valence-electron chi connectivity index (χ3n) is 3.63. The Hall–Kier alpha value is -1.51. The number of phenolic OH excluding ortho intramolecular Hbond substituents is 1. The van der Waals surface area contributed by atoms with Gasteiger partial charge in [0, 0.05) is 24.0 Å². The topological polar surface area (TPSA) is 38.0 Å². The third kappa shape index (κ3) is 1.31. The fourth-order valence-electron chi connectivity index (χ4n) is 2.90. The molecule has 0 bridgehead atoms. The van der Waals surface area contributed by atoms with Gasteiger partial charge in [-0.3, -0.25) is 4.68 Å². The Labute approximate surface area is 94.7 Å². The standard InChI is InChI=1S/C13H16N2O/c1-15-13(9-5-2-3-6-9)10-7-4-8-11(16)12(10)14-15/h4,7-9,16H,2-3,5-6H2,1H3. The number of aryl methyl sites for hydroxylation is 1. The Kier molecular flexibility index (Phi) is 2.13. The van der Waals surface area contributed by atoms with E-state index in [1.165, 1.54) is 31.4 Å². The Balaban J connectivity index is 2.22. The highest BCUT2D eigenvalue weighted by molar-refractivity contribution is 5.87. The van der Waals surface area contributed by atoms with Crippen molar-refractivity contribution in [2.75, 3.05) is 0 Å². The smallest absolute Gasteiger partial charge is 0.143 e. The largest absolute Gasteiger partial charge is 0.506 e. The first kappa shape index (κ1) is 9.70. The van der Waals surface area contributed by atoms with E-state index in [1.54, 1.807) is 6.07 Å². The molecule has 1 aromatic carbocycles. The maximum atomic E-state index is 9.78. The minimum Gasteiger partial charge on any atom is -0.506 e. The molecule has 16 heavy (non-hydrogen) atoms. The Morgan fingerprint density at radius 1 is 1.31 bits per heavy atom. The van der Waals surface area contributed by atoms with Gasteiger partial charge in [0.05, 0.1) is 0 Å². The third-order valence-corrected chi connectivity index (χ3v) is 3.63. The second-order valence-corrected chi connectivity index (χ2v) is 4.66. The van der Waals surface area contributed by atoms with E-state index in [0.717, 1.165) is 10.9 Å². The van der Waals surface area contributed by atoms with E-state index < -0.39 is 0 Å². The average Bonchev–Trinajstić information content (AvgIpc) is 2.85.